The number of hydrogen-bond acceptors (Lipinski definition) is 3. The van der Waals surface area contributed by atoms with E-state index < -0.39 is 6.09 Å². The van der Waals surface area contributed by atoms with Crippen LogP contribution in [-0.4, -0.2) is 11.8 Å². The zero-order valence-corrected chi connectivity index (χ0v) is 9.07. The summed E-state index contributed by atoms with van der Waals surface area (Å²) in [6.07, 6.45) is -0.578. The van der Waals surface area contributed by atoms with Crippen molar-refractivity contribution in [2.75, 3.05) is 5.32 Å². The molecular formula is C11H14N2O2. The van der Waals surface area contributed by atoms with E-state index >= 15 is 0 Å². The van der Waals surface area contributed by atoms with E-state index in [-0.39, 0.29) is 0 Å². The van der Waals surface area contributed by atoms with Gasteiger partial charge in [0.15, 0.2) is 0 Å². The van der Waals surface area contributed by atoms with Crippen LogP contribution >= 0.6 is 0 Å². The van der Waals surface area contributed by atoms with Crippen LogP contribution in [0, 0.1) is 6.92 Å². The maximum absolute atomic E-state index is 11.2. The van der Waals surface area contributed by atoms with Gasteiger partial charge in [-0.2, -0.15) is 0 Å². The molecule has 0 atom stereocenters. The first-order valence-electron chi connectivity index (χ1n) is 4.64. The normalized spacial score (nSPS) is 9.27. The Kier molecular flexibility index (Phi) is 3.85. The van der Waals surface area contributed by atoms with E-state index in [2.05, 4.69) is 15.3 Å². The van der Waals surface area contributed by atoms with Gasteiger partial charge in [0.25, 0.3) is 0 Å². The number of carbonyl (C=O) groups excluding carboxylic acids is 1. The minimum atomic E-state index is -0.578. The summed E-state index contributed by atoms with van der Waals surface area (Å²) in [6.45, 7) is 5.41. The Balaban J connectivity index is 2.59. The molecule has 1 rings (SSSR count). The van der Waals surface area contributed by atoms with Crippen molar-refractivity contribution in [3.63, 3.8) is 0 Å². The van der Waals surface area contributed by atoms with E-state index in [1.54, 1.807) is 19.9 Å². The molecule has 1 aromatic carbocycles. The Morgan fingerprint density at radius 2 is 2.00 bits per heavy atom. The zero-order valence-electron chi connectivity index (χ0n) is 9.07. The van der Waals surface area contributed by atoms with E-state index in [1.807, 2.05) is 25.1 Å². The second-order valence-electron chi connectivity index (χ2n) is 3.36. The Labute approximate surface area is 88.9 Å². The third-order valence-electron chi connectivity index (χ3n) is 1.69. The molecule has 0 aliphatic rings. The first-order valence-corrected chi connectivity index (χ1v) is 4.64. The van der Waals surface area contributed by atoms with Gasteiger partial charge < -0.3 is 0 Å². The summed E-state index contributed by atoms with van der Waals surface area (Å²) in [4.78, 5) is 15.8. The Morgan fingerprint density at radius 3 is 2.60 bits per heavy atom. The van der Waals surface area contributed by atoms with Crippen LogP contribution in [0.25, 0.3) is 0 Å². The molecule has 1 aromatic rings. The monoisotopic (exact) mass is 206 g/mol. The van der Waals surface area contributed by atoms with Crippen LogP contribution in [-0.2, 0) is 4.84 Å². The number of carbonyl (C=O) groups is 1. The van der Waals surface area contributed by atoms with Crippen LogP contribution in [0.2, 0.25) is 0 Å². The molecule has 0 bridgehead atoms. The number of amides is 1. The molecule has 0 aliphatic carbocycles. The number of anilines is 1. The summed E-state index contributed by atoms with van der Waals surface area (Å²) < 4.78 is 0. The number of aryl methyl sites for hydroxylation is 1. The van der Waals surface area contributed by atoms with Crippen molar-refractivity contribution in [3.8, 4) is 0 Å². The first kappa shape index (κ1) is 11.2. The van der Waals surface area contributed by atoms with Crippen LogP contribution in [0.1, 0.15) is 19.4 Å². The Morgan fingerprint density at radius 1 is 1.33 bits per heavy atom. The molecule has 0 saturated heterocycles. The minimum Gasteiger partial charge on any atom is -0.298 e. The van der Waals surface area contributed by atoms with Crippen molar-refractivity contribution in [2.24, 2.45) is 5.16 Å². The van der Waals surface area contributed by atoms with Crippen LogP contribution in [0.4, 0.5) is 10.5 Å². The summed E-state index contributed by atoms with van der Waals surface area (Å²) in [5.74, 6) is 0. The van der Waals surface area contributed by atoms with Gasteiger partial charge in [-0.3, -0.25) is 10.2 Å². The SMILES string of the molecule is CC(C)=NOC(=O)Nc1ccccc1C. The predicted octanol–water partition coefficient (Wildman–Crippen LogP) is 2.94. The second-order valence-corrected chi connectivity index (χ2v) is 3.36. The van der Waals surface area contributed by atoms with Crippen LogP contribution in [0.3, 0.4) is 0 Å². The number of para-hydroxylation sites is 1. The lowest BCUT2D eigenvalue weighted by Crippen LogP contribution is -2.12. The topological polar surface area (TPSA) is 50.7 Å². The smallest absolute Gasteiger partial charge is 0.298 e. The van der Waals surface area contributed by atoms with Crippen molar-refractivity contribution in [2.45, 2.75) is 20.8 Å². The molecule has 80 valence electrons. The van der Waals surface area contributed by atoms with E-state index in [9.17, 15) is 4.79 Å². The van der Waals surface area contributed by atoms with Crippen molar-refractivity contribution in [1.82, 2.24) is 0 Å². The lowest BCUT2D eigenvalue weighted by atomic mass is 10.2. The number of oxime groups is 1. The fourth-order valence-corrected chi connectivity index (χ4v) is 0.979. The maximum Gasteiger partial charge on any atom is 0.437 e. The van der Waals surface area contributed by atoms with Gasteiger partial charge >= 0.3 is 6.09 Å². The molecule has 4 heteroatoms. The summed E-state index contributed by atoms with van der Waals surface area (Å²) in [5.41, 5.74) is 2.40. The average Bonchev–Trinajstić information content (AvgIpc) is 2.18. The lowest BCUT2D eigenvalue weighted by molar-refractivity contribution is 0.166. The van der Waals surface area contributed by atoms with Gasteiger partial charge in [0.05, 0.1) is 5.71 Å². The summed E-state index contributed by atoms with van der Waals surface area (Å²) >= 11 is 0. The molecule has 1 amide bonds. The molecule has 1 N–H and O–H groups in total. The summed E-state index contributed by atoms with van der Waals surface area (Å²) in [6, 6.07) is 7.46. The van der Waals surface area contributed by atoms with E-state index in [4.69, 9.17) is 0 Å². The van der Waals surface area contributed by atoms with Crippen molar-refractivity contribution in [1.29, 1.82) is 0 Å². The fourth-order valence-electron chi connectivity index (χ4n) is 0.979. The maximum atomic E-state index is 11.2. The van der Waals surface area contributed by atoms with E-state index in [0.717, 1.165) is 11.3 Å². The first-order chi connectivity index (χ1) is 7.09. The molecule has 0 aliphatic heterocycles. The van der Waals surface area contributed by atoms with Gasteiger partial charge in [-0.1, -0.05) is 23.4 Å². The van der Waals surface area contributed by atoms with E-state index in [0.29, 0.717) is 5.71 Å². The number of nitrogens with zero attached hydrogens (tertiary/aromatic N) is 1. The number of nitrogens with one attached hydrogen (secondary N) is 1. The van der Waals surface area contributed by atoms with Gasteiger partial charge in [-0.05, 0) is 32.4 Å². The van der Waals surface area contributed by atoms with E-state index in [1.165, 1.54) is 0 Å². The summed E-state index contributed by atoms with van der Waals surface area (Å²) in [5, 5.41) is 6.15. The molecule has 0 unspecified atom stereocenters. The van der Waals surface area contributed by atoms with Gasteiger partial charge in [0, 0.05) is 5.69 Å². The van der Waals surface area contributed by atoms with Gasteiger partial charge in [0.2, 0.25) is 0 Å². The molecule has 0 radical (unpaired) electrons. The zero-order chi connectivity index (χ0) is 11.3. The Bertz CT molecular complexity index is 382. The van der Waals surface area contributed by atoms with Crippen LogP contribution in [0.15, 0.2) is 29.4 Å². The quantitative estimate of drug-likeness (QED) is 0.459. The van der Waals surface area contributed by atoms with Crippen molar-refractivity contribution < 1.29 is 9.63 Å². The van der Waals surface area contributed by atoms with Gasteiger partial charge in [0.1, 0.15) is 0 Å². The number of hydrogen-bond donors (Lipinski definition) is 1. The van der Waals surface area contributed by atoms with Gasteiger partial charge in [-0.25, -0.2) is 4.79 Å². The minimum absolute atomic E-state index is 0.578. The molecule has 0 spiro atoms. The van der Waals surface area contributed by atoms with Crippen LogP contribution in [0.5, 0.6) is 0 Å². The molecule has 0 saturated carbocycles. The largest absolute Gasteiger partial charge is 0.437 e. The Hall–Kier alpha value is -1.84. The molecule has 15 heavy (non-hydrogen) atoms. The second kappa shape index (κ2) is 5.14. The highest BCUT2D eigenvalue weighted by Gasteiger charge is 2.03. The third-order valence-corrected chi connectivity index (χ3v) is 1.69. The predicted molar refractivity (Wildman–Crippen MR) is 60.1 cm³/mol. The average molecular weight is 206 g/mol. The third kappa shape index (κ3) is 3.81. The highest BCUT2D eigenvalue weighted by atomic mass is 16.7. The summed E-state index contributed by atoms with van der Waals surface area (Å²) in [7, 11) is 0. The van der Waals surface area contributed by atoms with Crippen molar-refractivity contribution >= 4 is 17.5 Å². The molecule has 4 nitrogen and oxygen atoms in total. The van der Waals surface area contributed by atoms with Gasteiger partial charge in [-0.15, -0.1) is 0 Å². The molecule has 0 aromatic heterocycles. The lowest BCUT2D eigenvalue weighted by Gasteiger charge is -2.05. The molecule has 0 heterocycles. The molecule has 0 fully saturated rings. The highest BCUT2D eigenvalue weighted by molar-refractivity contribution is 5.86. The van der Waals surface area contributed by atoms with Crippen molar-refractivity contribution in [3.05, 3.63) is 29.8 Å². The standard InChI is InChI=1S/C11H14N2O2/c1-8(2)13-15-11(14)12-10-7-5-4-6-9(10)3/h4-7H,1-3H3,(H,12,14). The van der Waals surface area contributed by atoms with Crippen LogP contribution < -0.4 is 5.32 Å². The number of benzene rings is 1. The fraction of sp³-hybridized carbons (Fsp3) is 0.273. The number of rotatable bonds is 2. The highest BCUT2D eigenvalue weighted by Crippen LogP contribution is 2.13. The molecular weight excluding hydrogens is 192 g/mol.